The Morgan fingerprint density at radius 2 is 2.11 bits per heavy atom. The summed E-state index contributed by atoms with van der Waals surface area (Å²) in [5.41, 5.74) is -0.928. The zero-order valence-corrected chi connectivity index (χ0v) is 11.0. The van der Waals surface area contributed by atoms with Gasteiger partial charge >= 0.3 is 6.03 Å². The van der Waals surface area contributed by atoms with Crippen LogP contribution in [0.5, 0.6) is 0 Å². The maximum Gasteiger partial charge on any atom is 0.327 e. The number of aliphatic hydroxyl groups is 1. The molecule has 1 N–H and O–H groups in total. The molecule has 0 aromatic heterocycles. The van der Waals surface area contributed by atoms with Crippen LogP contribution in [0.15, 0.2) is 12.8 Å². The Labute approximate surface area is 107 Å². The van der Waals surface area contributed by atoms with Gasteiger partial charge in [-0.1, -0.05) is 6.58 Å². The van der Waals surface area contributed by atoms with Crippen LogP contribution in [0.3, 0.4) is 0 Å². The number of hydrogen-bond donors (Lipinski definition) is 1. The fourth-order valence-corrected chi connectivity index (χ4v) is 1.91. The molecule has 1 rings (SSSR count). The smallest absolute Gasteiger partial charge is 0.327 e. The van der Waals surface area contributed by atoms with E-state index in [-0.39, 0.29) is 25.6 Å². The molecule has 1 fully saturated rings. The Balaban J connectivity index is 2.81. The number of hydrogen-bond acceptors (Lipinski definition) is 4. The molecule has 0 bridgehead atoms. The molecule has 1 atom stereocenters. The fraction of sp³-hybridized carbons (Fsp3) is 0.667. The second-order valence-corrected chi connectivity index (χ2v) is 4.80. The van der Waals surface area contributed by atoms with Crippen LogP contribution in [0.2, 0.25) is 0 Å². The molecule has 0 aliphatic carbocycles. The normalized spacial score (nSPS) is 20.2. The van der Waals surface area contributed by atoms with E-state index in [9.17, 15) is 14.7 Å². The van der Waals surface area contributed by atoms with Gasteiger partial charge in [0.1, 0.15) is 12.1 Å². The molecule has 0 radical (unpaired) electrons. The highest BCUT2D eigenvalue weighted by Gasteiger charge is 2.50. The number of nitrogens with zero attached hydrogens (tertiary/aromatic N) is 2. The van der Waals surface area contributed by atoms with Gasteiger partial charge in [-0.15, -0.1) is 0 Å². The summed E-state index contributed by atoms with van der Waals surface area (Å²) in [5, 5.41) is 9.39. The summed E-state index contributed by atoms with van der Waals surface area (Å²) in [7, 11) is 0. The van der Waals surface area contributed by atoms with Crippen molar-refractivity contribution in [3.63, 3.8) is 0 Å². The first-order valence-corrected chi connectivity index (χ1v) is 5.86. The standard InChI is InChI=1S/C12H20N2O4/c1-5-18-7-6-13-10(16)12(3,4)14(11(13)17)8-9(2)15/h5,9,15H,1,6-8H2,2-4H3. The topological polar surface area (TPSA) is 70.1 Å². The average molecular weight is 256 g/mol. The summed E-state index contributed by atoms with van der Waals surface area (Å²) in [4.78, 5) is 26.8. The van der Waals surface area contributed by atoms with E-state index in [0.29, 0.717) is 0 Å². The van der Waals surface area contributed by atoms with Crippen molar-refractivity contribution in [1.29, 1.82) is 0 Å². The van der Waals surface area contributed by atoms with Crippen LogP contribution in [0, 0.1) is 0 Å². The third-order valence-electron chi connectivity index (χ3n) is 2.90. The summed E-state index contributed by atoms with van der Waals surface area (Å²) in [5.74, 6) is -0.277. The van der Waals surface area contributed by atoms with Crippen LogP contribution in [0.1, 0.15) is 20.8 Å². The fourth-order valence-electron chi connectivity index (χ4n) is 1.91. The van der Waals surface area contributed by atoms with Gasteiger partial charge < -0.3 is 14.7 Å². The third-order valence-corrected chi connectivity index (χ3v) is 2.90. The Hall–Kier alpha value is -1.56. The minimum Gasteiger partial charge on any atom is -0.500 e. The molecule has 1 saturated heterocycles. The Bertz CT molecular complexity index is 352. The minimum atomic E-state index is -0.928. The molecule has 18 heavy (non-hydrogen) atoms. The summed E-state index contributed by atoms with van der Waals surface area (Å²) in [6.07, 6.45) is 0.592. The monoisotopic (exact) mass is 256 g/mol. The van der Waals surface area contributed by atoms with Crippen LogP contribution in [0.25, 0.3) is 0 Å². The van der Waals surface area contributed by atoms with Gasteiger partial charge in [0.05, 0.1) is 18.9 Å². The molecular weight excluding hydrogens is 236 g/mol. The Kier molecular flexibility index (Phi) is 4.34. The van der Waals surface area contributed by atoms with Gasteiger partial charge in [-0.2, -0.15) is 0 Å². The summed E-state index contributed by atoms with van der Waals surface area (Å²) >= 11 is 0. The van der Waals surface area contributed by atoms with Gasteiger partial charge in [-0.05, 0) is 20.8 Å². The van der Waals surface area contributed by atoms with Crippen molar-refractivity contribution in [2.45, 2.75) is 32.4 Å². The second kappa shape index (κ2) is 5.39. The first kappa shape index (κ1) is 14.5. The van der Waals surface area contributed by atoms with Crippen molar-refractivity contribution in [2.24, 2.45) is 0 Å². The van der Waals surface area contributed by atoms with Crippen LogP contribution < -0.4 is 0 Å². The minimum absolute atomic E-state index is 0.135. The maximum atomic E-state index is 12.1. The van der Waals surface area contributed by atoms with Gasteiger partial charge in [0.2, 0.25) is 0 Å². The molecule has 6 heteroatoms. The molecule has 3 amide bonds. The molecule has 0 aromatic carbocycles. The highest BCUT2D eigenvalue weighted by atomic mass is 16.5. The van der Waals surface area contributed by atoms with Gasteiger partial charge in [0.15, 0.2) is 0 Å². The number of rotatable bonds is 6. The van der Waals surface area contributed by atoms with E-state index in [4.69, 9.17) is 4.74 Å². The number of imide groups is 1. The molecule has 1 aliphatic heterocycles. The molecule has 1 aliphatic rings. The van der Waals surface area contributed by atoms with Gasteiger partial charge in [0, 0.05) is 6.54 Å². The number of urea groups is 1. The molecule has 0 spiro atoms. The van der Waals surface area contributed by atoms with Gasteiger partial charge in [-0.25, -0.2) is 4.79 Å². The van der Waals surface area contributed by atoms with Crippen molar-refractivity contribution in [3.8, 4) is 0 Å². The van der Waals surface area contributed by atoms with Gasteiger partial charge in [0.25, 0.3) is 5.91 Å². The lowest BCUT2D eigenvalue weighted by Crippen LogP contribution is -2.47. The first-order chi connectivity index (χ1) is 8.32. The van der Waals surface area contributed by atoms with Crippen LogP contribution in [-0.4, -0.2) is 58.2 Å². The average Bonchev–Trinajstić information content (AvgIpc) is 2.43. The van der Waals surface area contributed by atoms with Crippen molar-refractivity contribution >= 4 is 11.9 Å². The number of aliphatic hydroxyl groups excluding tert-OH is 1. The van der Waals surface area contributed by atoms with E-state index < -0.39 is 17.7 Å². The van der Waals surface area contributed by atoms with Gasteiger partial charge in [-0.3, -0.25) is 9.69 Å². The van der Waals surface area contributed by atoms with E-state index in [2.05, 4.69) is 6.58 Å². The van der Waals surface area contributed by atoms with Crippen molar-refractivity contribution < 1.29 is 19.4 Å². The molecule has 1 heterocycles. The highest BCUT2D eigenvalue weighted by Crippen LogP contribution is 2.27. The van der Waals surface area contributed by atoms with E-state index in [0.717, 1.165) is 4.90 Å². The zero-order chi connectivity index (χ0) is 13.9. The van der Waals surface area contributed by atoms with Crippen molar-refractivity contribution in [1.82, 2.24) is 9.80 Å². The Morgan fingerprint density at radius 3 is 2.61 bits per heavy atom. The lowest BCUT2D eigenvalue weighted by atomic mass is 10.0. The first-order valence-electron chi connectivity index (χ1n) is 5.86. The van der Waals surface area contributed by atoms with Crippen LogP contribution >= 0.6 is 0 Å². The largest absolute Gasteiger partial charge is 0.500 e. The molecular formula is C12H20N2O4. The quantitative estimate of drug-likeness (QED) is 0.428. The van der Waals surface area contributed by atoms with Crippen molar-refractivity contribution in [3.05, 3.63) is 12.8 Å². The summed E-state index contributed by atoms with van der Waals surface area (Å²) < 4.78 is 4.93. The SMILES string of the molecule is C=COCCN1C(=O)N(CC(C)O)C(C)(C)C1=O. The Morgan fingerprint density at radius 1 is 1.50 bits per heavy atom. The molecule has 0 saturated carbocycles. The lowest BCUT2D eigenvalue weighted by molar-refractivity contribution is -0.132. The number of ether oxygens (including phenoxy) is 1. The summed E-state index contributed by atoms with van der Waals surface area (Å²) in [6.45, 7) is 8.85. The van der Waals surface area contributed by atoms with Crippen LogP contribution in [-0.2, 0) is 9.53 Å². The molecule has 1 unspecified atom stereocenters. The molecule has 6 nitrogen and oxygen atoms in total. The zero-order valence-electron chi connectivity index (χ0n) is 11.0. The van der Waals surface area contributed by atoms with E-state index in [1.54, 1.807) is 20.8 Å². The lowest BCUT2D eigenvalue weighted by Gasteiger charge is -2.28. The number of carbonyl (C=O) groups excluding carboxylic acids is 2. The third kappa shape index (κ3) is 2.64. The predicted molar refractivity (Wildman–Crippen MR) is 65.7 cm³/mol. The number of carbonyl (C=O) groups is 2. The number of amides is 3. The maximum absolute atomic E-state index is 12.1. The van der Waals surface area contributed by atoms with Crippen LogP contribution in [0.4, 0.5) is 4.79 Å². The summed E-state index contributed by atoms with van der Waals surface area (Å²) in [6, 6.07) is -0.390. The number of β-amino-alcohol motifs (C(OH)–C–C–N with tert-alkyl or cyclic N) is 1. The van der Waals surface area contributed by atoms with E-state index in [1.165, 1.54) is 11.2 Å². The molecule has 0 aromatic rings. The second-order valence-electron chi connectivity index (χ2n) is 4.80. The van der Waals surface area contributed by atoms with E-state index >= 15 is 0 Å². The van der Waals surface area contributed by atoms with E-state index in [1.807, 2.05) is 0 Å². The molecule has 102 valence electrons. The highest BCUT2D eigenvalue weighted by molar-refractivity contribution is 6.06. The van der Waals surface area contributed by atoms with Crippen molar-refractivity contribution in [2.75, 3.05) is 19.7 Å². The predicted octanol–water partition coefficient (Wildman–Crippen LogP) is 0.570.